The van der Waals surface area contributed by atoms with E-state index in [2.05, 4.69) is 13.2 Å². The second-order valence-electron chi connectivity index (χ2n) is 3.56. The van der Waals surface area contributed by atoms with Crippen LogP contribution in [0.2, 0.25) is 0 Å². The Morgan fingerprint density at radius 1 is 1.29 bits per heavy atom. The normalized spacial score (nSPS) is 12.8. The van der Waals surface area contributed by atoms with E-state index in [1.807, 2.05) is 36.0 Å². The first-order valence-corrected chi connectivity index (χ1v) is 6.37. The van der Waals surface area contributed by atoms with Crippen molar-refractivity contribution in [2.75, 3.05) is 12.0 Å². The third-order valence-electron chi connectivity index (χ3n) is 2.29. The molecule has 1 atom stereocenters. The van der Waals surface area contributed by atoms with Crippen LogP contribution in [0.3, 0.4) is 0 Å². The predicted molar refractivity (Wildman–Crippen MR) is 63.8 cm³/mol. The Labute approximate surface area is 90.5 Å². The molecule has 0 saturated heterocycles. The minimum absolute atomic E-state index is 0.289. The smallest absolute Gasteiger partial charge is 0.0790 e. The second kappa shape index (κ2) is 6.10. The van der Waals surface area contributed by atoms with Gasteiger partial charge in [0, 0.05) is 0 Å². The van der Waals surface area contributed by atoms with Gasteiger partial charge in [0.25, 0.3) is 0 Å². The van der Waals surface area contributed by atoms with E-state index in [0.29, 0.717) is 0 Å². The van der Waals surface area contributed by atoms with Crippen molar-refractivity contribution in [2.24, 2.45) is 0 Å². The maximum atomic E-state index is 9.83. The zero-order valence-corrected chi connectivity index (χ0v) is 9.68. The van der Waals surface area contributed by atoms with Gasteiger partial charge >= 0.3 is 0 Å². The molecule has 0 spiro atoms. The number of thioether (sulfide) groups is 1. The van der Waals surface area contributed by atoms with E-state index in [1.54, 1.807) is 0 Å². The Hall–Kier alpha value is -0.470. The van der Waals surface area contributed by atoms with Crippen molar-refractivity contribution in [1.82, 2.24) is 0 Å². The summed E-state index contributed by atoms with van der Waals surface area (Å²) in [6.07, 6.45) is 3.75. The molecule has 0 bridgehead atoms. The van der Waals surface area contributed by atoms with Gasteiger partial charge in [-0.3, -0.25) is 0 Å². The lowest BCUT2D eigenvalue weighted by Crippen LogP contribution is -1.97. The lowest BCUT2D eigenvalue weighted by molar-refractivity contribution is 0.167. The Bertz CT molecular complexity index is 256. The number of rotatable bonds is 5. The number of aryl methyl sites for hydroxylation is 1. The summed E-state index contributed by atoms with van der Waals surface area (Å²) >= 11 is 1.83. The van der Waals surface area contributed by atoms with Crippen LogP contribution >= 0.6 is 11.8 Å². The highest BCUT2D eigenvalue weighted by Crippen LogP contribution is 2.19. The van der Waals surface area contributed by atoms with Crippen LogP contribution in [0.15, 0.2) is 24.3 Å². The van der Waals surface area contributed by atoms with Crippen molar-refractivity contribution in [3.8, 4) is 0 Å². The molecule has 1 rings (SSSR count). The summed E-state index contributed by atoms with van der Waals surface area (Å²) in [6.45, 7) is 2.06. The highest BCUT2D eigenvalue weighted by molar-refractivity contribution is 7.98. The number of hydrogen-bond acceptors (Lipinski definition) is 2. The molecule has 0 aliphatic carbocycles. The van der Waals surface area contributed by atoms with E-state index in [4.69, 9.17) is 0 Å². The molecule has 1 N–H and O–H groups in total. The van der Waals surface area contributed by atoms with E-state index in [9.17, 15) is 5.11 Å². The lowest BCUT2D eigenvalue weighted by atomic mass is 10.0. The Morgan fingerprint density at radius 3 is 2.50 bits per heavy atom. The monoisotopic (exact) mass is 210 g/mol. The molecule has 1 aromatic rings. The molecule has 1 nitrogen and oxygen atoms in total. The van der Waals surface area contributed by atoms with Crippen molar-refractivity contribution in [3.05, 3.63) is 35.4 Å². The summed E-state index contributed by atoms with van der Waals surface area (Å²) in [5.41, 5.74) is 2.28. The lowest BCUT2D eigenvalue weighted by Gasteiger charge is -2.10. The summed E-state index contributed by atoms with van der Waals surface area (Å²) in [6, 6.07) is 8.12. The van der Waals surface area contributed by atoms with Gasteiger partial charge in [-0.05, 0) is 37.3 Å². The molecular formula is C12H18OS. The first-order valence-electron chi connectivity index (χ1n) is 4.97. The van der Waals surface area contributed by atoms with E-state index in [0.717, 1.165) is 24.2 Å². The topological polar surface area (TPSA) is 20.2 Å². The molecule has 0 fully saturated rings. The molecular weight excluding hydrogens is 192 g/mol. The maximum Gasteiger partial charge on any atom is 0.0790 e. The van der Waals surface area contributed by atoms with Gasteiger partial charge in [0.1, 0.15) is 0 Å². The zero-order chi connectivity index (χ0) is 10.4. The van der Waals surface area contributed by atoms with Crippen LogP contribution in [-0.4, -0.2) is 17.1 Å². The fourth-order valence-electron chi connectivity index (χ4n) is 1.38. The van der Waals surface area contributed by atoms with Gasteiger partial charge in [0.15, 0.2) is 0 Å². The fraction of sp³-hybridized carbons (Fsp3) is 0.500. The Morgan fingerprint density at radius 2 is 1.93 bits per heavy atom. The second-order valence-corrected chi connectivity index (χ2v) is 4.55. The first kappa shape index (κ1) is 11.6. The molecule has 0 radical (unpaired) electrons. The van der Waals surface area contributed by atoms with Crippen LogP contribution in [0.4, 0.5) is 0 Å². The Kier molecular flexibility index (Phi) is 5.05. The molecule has 0 aromatic heterocycles. The van der Waals surface area contributed by atoms with Gasteiger partial charge in [0.05, 0.1) is 6.10 Å². The average Bonchev–Trinajstić information content (AvgIpc) is 2.19. The average molecular weight is 210 g/mol. The fourth-order valence-corrected chi connectivity index (χ4v) is 1.83. The van der Waals surface area contributed by atoms with Crippen molar-refractivity contribution in [3.63, 3.8) is 0 Å². The molecule has 78 valence electrons. The van der Waals surface area contributed by atoms with Crippen LogP contribution in [0.5, 0.6) is 0 Å². The third-order valence-corrected chi connectivity index (χ3v) is 2.99. The minimum atomic E-state index is -0.289. The highest BCUT2D eigenvalue weighted by Gasteiger charge is 2.05. The van der Waals surface area contributed by atoms with Crippen molar-refractivity contribution in [2.45, 2.75) is 25.9 Å². The van der Waals surface area contributed by atoms with Gasteiger partial charge in [0.2, 0.25) is 0 Å². The Balaban J connectivity index is 2.43. The molecule has 2 heteroatoms. The van der Waals surface area contributed by atoms with Crippen molar-refractivity contribution >= 4 is 11.8 Å². The molecule has 0 saturated carbocycles. The van der Waals surface area contributed by atoms with Crippen LogP contribution in [0.25, 0.3) is 0 Å². The first-order chi connectivity index (χ1) is 6.74. The van der Waals surface area contributed by atoms with Crippen LogP contribution in [-0.2, 0) is 0 Å². The minimum Gasteiger partial charge on any atom is -0.388 e. The van der Waals surface area contributed by atoms with Gasteiger partial charge in [-0.15, -0.1) is 0 Å². The molecule has 0 amide bonds. The van der Waals surface area contributed by atoms with Crippen LogP contribution < -0.4 is 0 Å². The van der Waals surface area contributed by atoms with Crippen molar-refractivity contribution in [1.29, 1.82) is 0 Å². The van der Waals surface area contributed by atoms with Crippen LogP contribution in [0.1, 0.15) is 30.1 Å². The standard InChI is InChI=1S/C12H18OS/c1-10-5-7-11(8-6-10)12(13)4-3-9-14-2/h5-8,12-13H,3-4,9H2,1-2H3. The van der Waals surface area contributed by atoms with Crippen LogP contribution in [0, 0.1) is 6.92 Å². The summed E-state index contributed by atoms with van der Waals surface area (Å²) in [4.78, 5) is 0. The third kappa shape index (κ3) is 3.72. The number of aliphatic hydroxyl groups is 1. The van der Waals surface area contributed by atoms with Gasteiger partial charge in [-0.25, -0.2) is 0 Å². The molecule has 0 aliphatic heterocycles. The number of benzene rings is 1. The molecule has 1 aromatic carbocycles. The molecule has 0 heterocycles. The molecule has 14 heavy (non-hydrogen) atoms. The summed E-state index contributed by atoms with van der Waals surface area (Å²) < 4.78 is 0. The summed E-state index contributed by atoms with van der Waals surface area (Å²) in [7, 11) is 0. The van der Waals surface area contributed by atoms with Gasteiger partial charge in [-0.1, -0.05) is 29.8 Å². The van der Waals surface area contributed by atoms with E-state index in [1.165, 1.54) is 5.56 Å². The number of aliphatic hydroxyl groups excluding tert-OH is 1. The van der Waals surface area contributed by atoms with Gasteiger partial charge < -0.3 is 5.11 Å². The maximum absolute atomic E-state index is 9.83. The van der Waals surface area contributed by atoms with E-state index in [-0.39, 0.29) is 6.10 Å². The zero-order valence-electron chi connectivity index (χ0n) is 8.86. The summed E-state index contributed by atoms with van der Waals surface area (Å²) in [5.74, 6) is 1.13. The highest BCUT2D eigenvalue weighted by atomic mass is 32.2. The number of hydrogen-bond donors (Lipinski definition) is 1. The van der Waals surface area contributed by atoms with E-state index >= 15 is 0 Å². The van der Waals surface area contributed by atoms with E-state index < -0.39 is 0 Å². The molecule has 0 aliphatic rings. The quantitative estimate of drug-likeness (QED) is 0.753. The largest absolute Gasteiger partial charge is 0.388 e. The summed E-state index contributed by atoms with van der Waals surface area (Å²) in [5, 5.41) is 9.83. The SMILES string of the molecule is CSCCCC(O)c1ccc(C)cc1. The molecule has 1 unspecified atom stereocenters. The van der Waals surface area contributed by atoms with Crippen molar-refractivity contribution < 1.29 is 5.11 Å². The van der Waals surface area contributed by atoms with Gasteiger partial charge in [-0.2, -0.15) is 11.8 Å². The predicted octanol–water partition coefficient (Wildman–Crippen LogP) is 3.17.